The van der Waals surface area contributed by atoms with Gasteiger partial charge in [-0.25, -0.2) is 4.39 Å². The van der Waals surface area contributed by atoms with Gasteiger partial charge < -0.3 is 9.73 Å². The van der Waals surface area contributed by atoms with Gasteiger partial charge in [0.15, 0.2) is 5.76 Å². The second-order valence-corrected chi connectivity index (χ2v) is 7.96. The summed E-state index contributed by atoms with van der Waals surface area (Å²) in [7, 11) is 0. The first-order valence-corrected chi connectivity index (χ1v) is 8.22. The third kappa shape index (κ3) is 4.75. The maximum Gasteiger partial charge on any atom is 0.288 e. The van der Waals surface area contributed by atoms with Crippen LogP contribution in [0.4, 0.5) is 4.39 Å². The Morgan fingerprint density at radius 1 is 1.45 bits per heavy atom. The van der Waals surface area contributed by atoms with Crippen LogP contribution in [-0.2, 0) is 0 Å². The van der Waals surface area contributed by atoms with Crippen LogP contribution in [0.25, 0.3) is 0 Å². The zero-order valence-corrected chi connectivity index (χ0v) is 14.3. The molecule has 22 heavy (non-hydrogen) atoms. The molecule has 0 radical (unpaired) electrons. The van der Waals surface area contributed by atoms with E-state index in [-0.39, 0.29) is 17.7 Å². The number of alkyl halides is 4. The summed E-state index contributed by atoms with van der Waals surface area (Å²) in [5.41, 5.74) is 0. The van der Waals surface area contributed by atoms with Crippen LogP contribution in [0.15, 0.2) is 22.8 Å². The molecule has 1 heterocycles. The van der Waals surface area contributed by atoms with Crippen LogP contribution >= 0.6 is 34.8 Å². The molecule has 8 heteroatoms. The Hall–Kier alpha value is -0.490. The van der Waals surface area contributed by atoms with E-state index < -0.39 is 22.0 Å². The first kappa shape index (κ1) is 17.9. The van der Waals surface area contributed by atoms with E-state index in [1.807, 2.05) is 6.92 Å². The lowest BCUT2D eigenvalue weighted by Gasteiger charge is -2.35. The molecule has 0 bridgehead atoms. The molecule has 1 aromatic rings. The third-order valence-electron chi connectivity index (χ3n) is 3.85. The molecule has 2 N–H and O–H groups in total. The second kappa shape index (κ2) is 7.39. The van der Waals surface area contributed by atoms with E-state index in [1.54, 1.807) is 6.07 Å². The smallest absolute Gasteiger partial charge is 0.288 e. The van der Waals surface area contributed by atoms with Gasteiger partial charge in [0.05, 0.1) is 6.26 Å². The number of amides is 1. The van der Waals surface area contributed by atoms with E-state index in [4.69, 9.17) is 39.2 Å². The molecule has 1 amide bonds. The highest BCUT2D eigenvalue weighted by Gasteiger charge is 2.38. The summed E-state index contributed by atoms with van der Waals surface area (Å²) in [6.07, 6.45) is 1.37. The van der Waals surface area contributed by atoms with Crippen molar-refractivity contribution in [2.75, 3.05) is 0 Å². The van der Waals surface area contributed by atoms with Crippen LogP contribution < -0.4 is 10.6 Å². The molecular weight excluding hydrogens is 354 g/mol. The number of carbonyl (C=O) groups excluding carboxylic acids is 1. The second-order valence-electron chi connectivity index (χ2n) is 5.60. The van der Waals surface area contributed by atoms with Crippen molar-refractivity contribution >= 4 is 40.7 Å². The maximum absolute atomic E-state index is 13.8. The van der Waals surface area contributed by atoms with Crippen molar-refractivity contribution < 1.29 is 13.6 Å². The average molecular weight is 372 g/mol. The van der Waals surface area contributed by atoms with Crippen molar-refractivity contribution in [1.29, 1.82) is 0 Å². The van der Waals surface area contributed by atoms with Crippen molar-refractivity contribution in [3.63, 3.8) is 0 Å². The highest BCUT2D eigenvalue weighted by Crippen LogP contribution is 2.32. The molecule has 1 aliphatic carbocycles. The summed E-state index contributed by atoms with van der Waals surface area (Å²) >= 11 is 17.8. The molecule has 1 saturated carbocycles. The van der Waals surface area contributed by atoms with Crippen LogP contribution in [0, 0.1) is 5.92 Å². The third-order valence-corrected chi connectivity index (χ3v) is 4.50. The van der Waals surface area contributed by atoms with Crippen LogP contribution in [0.3, 0.4) is 0 Å². The zero-order valence-electron chi connectivity index (χ0n) is 12.0. The van der Waals surface area contributed by atoms with E-state index in [0.29, 0.717) is 6.42 Å². The number of hydrogen-bond acceptors (Lipinski definition) is 3. The molecule has 1 aromatic heterocycles. The van der Waals surface area contributed by atoms with Crippen LogP contribution in [0.2, 0.25) is 0 Å². The summed E-state index contributed by atoms with van der Waals surface area (Å²) in [6, 6.07) is 2.93. The molecule has 2 rings (SSSR count). The summed E-state index contributed by atoms with van der Waals surface area (Å²) in [5, 5.41) is 5.60. The highest BCUT2D eigenvalue weighted by atomic mass is 35.6. The minimum Gasteiger partial charge on any atom is -0.459 e. The van der Waals surface area contributed by atoms with Crippen molar-refractivity contribution in [1.82, 2.24) is 10.6 Å². The normalized spacial score (nSPS) is 27.4. The fraction of sp³-hybridized carbons (Fsp3) is 0.643. The lowest BCUT2D eigenvalue weighted by Crippen LogP contribution is -2.57. The fourth-order valence-electron chi connectivity index (χ4n) is 2.48. The van der Waals surface area contributed by atoms with Crippen LogP contribution in [0.5, 0.6) is 0 Å². The van der Waals surface area contributed by atoms with Gasteiger partial charge in [0, 0.05) is 6.04 Å². The molecular formula is C14H18Cl3FN2O2. The lowest BCUT2D eigenvalue weighted by atomic mass is 9.85. The number of halogens is 4. The number of rotatable bonds is 4. The topological polar surface area (TPSA) is 54.3 Å². The maximum atomic E-state index is 13.8. The largest absolute Gasteiger partial charge is 0.459 e. The first-order valence-electron chi connectivity index (χ1n) is 7.08. The van der Waals surface area contributed by atoms with Crippen LogP contribution in [0.1, 0.15) is 36.7 Å². The molecule has 4 atom stereocenters. The summed E-state index contributed by atoms with van der Waals surface area (Å²) < 4.78 is 17.1. The van der Waals surface area contributed by atoms with Gasteiger partial charge in [-0.3, -0.25) is 10.1 Å². The van der Waals surface area contributed by atoms with E-state index in [1.165, 1.54) is 12.3 Å². The average Bonchev–Trinajstić information content (AvgIpc) is 2.95. The zero-order chi connectivity index (χ0) is 16.3. The van der Waals surface area contributed by atoms with E-state index >= 15 is 0 Å². The van der Waals surface area contributed by atoms with Crippen molar-refractivity contribution in [2.24, 2.45) is 5.92 Å². The lowest BCUT2D eigenvalue weighted by molar-refractivity contribution is 0.0886. The van der Waals surface area contributed by atoms with Crippen LogP contribution in [-0.4, -0.2) is 28.1 Å². The van der Waals surface area contributed by atoms with Crippen molar-refractivity contribution in [2.45, 2.75) is 48.4 Å². The van der Waals surface area contributed by atoms with E-state index in [9.17, 15) is 9.18 Å². The Morgan fingerprint density at radius 2 is 2.18 bits per heavy atom. The SMILES string of the molecule is CC1CCC(NC(NC(=O)c2ccco2)C(Cl)(Cl)Cl)CC1F. The Morgan fingerprint density at radius 3 is 2.73 bits per heavy atom. The standard InChI is InChI=1S/C14H18Cl3FN2O2/c1-8-4-5-9(7-10(8)18)19-13(14(15,16)17)20-12(21)11-3-2-6-22-11/h2-3,6,8-10,13,19H,4-5,7H2,1H3,(H,20,21). The van der Waals surface area contributed by atoms with Crippen molar-refractivity contribution in [3.05, 3.63) is 24.2 Å². The predicted molar refractivity (Wildman–Crippen MR) is 85.1 cm³/mol. The number of nitrogens with one attached hydrogen (secondary N) is 2. The Kier molecular flexibility index (Phi) is 6.00. The molecule has 0 spiro atoms. The predicted octanol–water partition coefficient (Wildman–Crippen LogP) is 3.82. The molecule has 4 unspecified atom stereocenters. The number of carbonyl (C=O) groups is 1. The molecule has 4 nitrogen and oxygen atoms in total. The van der Waals surface area contributed by atoms with E-state index in [0.717, 1.165) is 12.8 Å². The minimum atomic E-state index is -1.77. The first-order chi connectivity index (χ1) is 10.3. The van der Waals surface area contributed by atoms with Gasteiger partial charge in [-0.2, -0.15) is 0 Å². The quantitative estimate of drug-likeness (QED) is 0.625. The summed E-state index contributed by atoms with van der Waals surface area (Å²) in [4.78, 5) is 12.0. The van der Waals surface area contributed by atoms with Gasteiger partial charge in [0.2, 0.25) is 3.79 Å². The van der Waals surface area contributed by atoms with Gasteiger partial charge in [-0.05, 0) is 37.3 Å². The van der Waals surface area contributed by atoms with Gasteiger partial charge in [0.1, 0.15) is 12.3 Å². The highest BCUT2D eigenvalue weighted by molar-refractivity contribution is 6.68. The Labute approximate surface area is 143 Å². The molecule has 124 valence electrons. The molecule has 0 aliphatic heterocycles. The van der Waals surface area contributed by atoms with E-state index in [2.05, 4.69) is 10.6 Å². The van der Waals surface area contributed by atoms with Gasteiger partial charge >= 0.3 is 0 Å². The van der Waals surface area contributed by atoms with Crippen molar-refractivity contribution in [3.8, 4) is 0 Å². The molecule has 0 aromatic carbocycles. The summed E-state index contributed by atoms with van der Waals surface area (Å²) in [5.74, 6) is -0.363. The Balaban J connectivity index is 1.99. The molecule has 1 fully saturated rings. The van der Waals surface area contributed by atoms with Gasteiger partial charge in [0.25, 0.3) is 5.91 Å². The number of furan rings is 1. The fourth-order valence-corrected chi connectivity index (χ4v) is 2.83. The minimum absolute atomic E-state index is 0.0296. The molecule has 1 aliphatic rings. The van der Waals surface area contributed by atoms with Gasteiger partial charge in [-0.15, -0.1) is 0 Å². The molecule has 0 saturated heterocycles. The Bertz CT molecular complexity index is 493. The monoisotopic (exact) mass is 370 g/mol. The van der Waals surface area contributed by atoms with Gasteiger partial charge in [-0.1, -0.05) is 41.7 Å². The summed E-state index contributed by atoms with van der Waals surface area (Å²) in [6.45, 7) is 1.88. The number of hydrogen-bond donors (Lipinski definition) is 2.